The second-order valence-electron chi connectivity index (χ2n) is 5.81. The Labute approximate surface area is 159 Å². The van der Waals surface area contributed by atoms with Gasteiger partial charge < -0.3 is 15.5 Å². The summed E-state index contributed by atoms with van der Waals surface area (Å²) in [5, 5.41) is 26.5. The molecule has 7 nitrogen and oxygen atoms in total. The molecule has 0 bridgehead atoms. The molecule has 27 heavy (non-hydrogen) atoms. The molecular formula is C19H16ClN3O4. The van der Waals surface area contributed by atoms with Crippen molar-refractivity contribution in [3.05, 3.63) is 76.9 Å². The van der Waals surface area contributed by atoms with Crippen molar-refractivity contribution in [1.82, 2.24) is 15.1 Å². The van der Waals surface area contributed by atoms with Crippen LogP contribution in [-0.4, -0.2) is 31.9 Å². The number of rotatable bonds is 6. The third-order valence-corrected chi connectivity index (χ3v) is 4.13. The van der Waals surface area contributed by atoms with E-state index in [1.807, 2.05) is 6.07 Å². The molecule has 0 radical (unpaired) electrons. The molecule has 2 aromatic carbocycles. The summed E-state index contributed by atoms with van der Waals surface area (Å²) in [6, 6.07) is 15.8. The third-order valence-electron chi connectivity index (χ3n) is 3.88. The molecule has 0 unspecified atom stereocenters. The van der Waals surface area contributed by atoms with Crippen molar-refractivity contribution in [2.45, 2.75) is 12.5 Å². The monoisotopic (exact) mass is 385 g/mol. The molecule has 3 rings (SSSR count). The Morgan fingerprint density at radius 1 is 1.11 bits per heavy atom. The second-order valence-corrected chi connectivity index (χ2v) is 6.25. The first-order valence-corrected chi connectivity index (χ1v) is 8.44. The van der Waals surface area contributed by atoms with E-state index in [0.29, 0.717) is 16.3 Å². The number of aromatic hydroxyl groups is 1. The van der Waals surface area contributed by atoms with E-state index >= 15 is 0 Å². The summed E-state index contributed by atoms with van der Waals surface area (Å²) >= 11 is 5.86. The number of aromatic nitrogens is 2. The first-order valence-electron chi connectivity index (χ1n) is 8.06. The summed E-state index contributed by atoms with van der Waals surface area (Å²) in [6.45, 7) is 0. The smallest absolute Gasteiger partial charge is 0.305 e. The van der Waals surface area contributed by atoms with Crippen LogP contribution in [0.2, 0.25) is 5.02 Å². The van der Waals surface area contributed by atoms with E-state index in [9.17, 15) is 14.7 Å². The van der Waals surface area contributed by atoms with E-state index in [2.05, 4.69) is 10.4 Å². The standard InChI is InChI=1S/C19H16ClN3O4/c20-13-8-6-12(7-9-13)15(11-18(25)26)21-19(27)16-10-17(24)23(22-16)14-4-2-1-3-5-14/h1-10,15,24H,11H2,(H,21,27)(H,25,26)/t15-/m0/s1. The van der Waals surface area contributed by atoms with Crippen LogP contribution in [0.25, 0.3) is 5.69 Å². The molecule has 0 aliphatic rings. The highest BCUT2D eigenvalue weighted by atomic mass is 35.5. The van der Waals surface area contributed by atoms with Crippen LogP contribution < -0.4 is 5.32 Å². The number of hydrogen-bond acceptors (Lipinski definition) is 4. The molecular weight excluding hydrogens is 370 g/mol. The Morgan fingerprint density at radius 3 is 2.41 bits per heavy atom. The molecule has 1 amide bonds. The molecule has 1 atom stereocenters. The van der Waals surface area contributed by atoms with Gasteiger partial charge in [-0.25, -0.2) is 4.68 Å². The predicted octanol–water partition coefficient (Wildman–Crippen LogP) is 3.18. The molecule has 0 fully saturated rings. The van der Waals surface area contributed by atoms with Gasteiger partial charge >= 0.3 is 5.97 Å². The molecule has 0 saturated carbocycles. The maximum Gasteiger partial charge on any atom is 0.305 e. The Hall–Kier alpha value is -3.32. The number of carboxylic acids is 1. The number of hydrogen-bond donors (Lipinski definition) is 3. The van der Waals surface area contributed by atoms with Gasteiger partial charge in [-0.3, -0.25) is 9.59 Å². The summed E-state index contributed by atoms with van der Waals surface area (Å²) in [7, 11) is 0. The van der Waals surface area contributed by atoms with Crippen LogP contribution in [-0.2, 0) is 4.79 Å². The maximum absolute atomic E-state index is 12.6. The van der Waals surface area contributed by atoms with Gasteiger partial charge in [0.15, 0.2) is 5.69 Å². The average Bonchev–Trinajstić information content (AvgIpc) is 3.04. The molecule has 0 aliphatic heterocycles. The van der Waals surface area contributed by atoms with Crippen molar-refractivity contribution >= 4 is 23.5 Å². The molecule has 0 saturated heterocycles. The quantitative estimate of drug-likeness (QED) is 0.604. The van der Waals surface area contributed by atoms with E-state index in [-0.39, 0.29) is 18.0 Å². The molecule has 3 aromatic rings. The fourth-order valence-electron chi connectivity index (χ4n) is 2.60. The van der Waals surface area contributed by atoms with Gasteiger partial charge in [0, 0.05) is 11.1 Å². The van der Waals surface area contributed by atoms with Gasteiger partial charge in [-0.15, -0.1) is 0 Å². The van der Waals surface area contributed by atoms with Crippen molar-refractivity contribution in [3.63, 3.8) is 0 Å². The minimum atomic E-state index is -1.06. The molecule has 0 aliphatic carbocycles. The zero-order valence-electron chi connectivity index (χ0n) is 14.0. The number of carbonyl (C=O) groups excluding carboxylic acids is 1. The summed E-state index contributed by atoms with van der Waals surface area (Å²) in [5.41, 5.74) is 1.16. The molecule has 1 heterocycles. The third kappa shape index (κ3) is 4.45. The van der Waals surface area contributed by atoms with Crippen LogP contribution in [0.3, 0.4) is 0 Å². The lowest BCUT2D eigenvalue weighted by molar-refractivity contribution is -0.137. The summed E-state index contributed by atoms with van der Waals surface area (Å²) in [5.74, 6) is -1.86. The zero-order valence-corrected chi connectivity index (χ0v) is 14.8. The van der Waals surface area contributed by atoms with Crippen LogP contribution in [0.4, 0.5) is 0 Å². The first-order chi connectivity index (χ1) is 12.9. The van der Waals surface area contributed by atoms with Gasteiger partial charge in [0.1, 0.15) is 0 Å². The average molecular weight is 386 g/mol. The van der Waals surface area contributed by atoms with E-state index in [1.54, 1.807) is 48.5 Å². The Balaban J connectivity index is 1.83. The zero-order chi connectivity index (χ0) is 19.4. The predicted molar refractivity (Wildman–Crippen MR) is 99.1 cm³/mol. The second kappa shape index (κ2) is 7.92. The SMILES string of the molecule is O=C(O)C[C@H](NC(=O)c1cc(O)n(-c2ccccc2)n1)c1ccc(Cl)cc1. The van der Waals surface area contributed by atoms with Gasteiger partial charge in [-0.05, 0) is 29.8 Å². The number of benzene rings is 2. The van der Waals surface area contributed by atoms with Crippen LogP contribution in [0.15, 0.2) is 60.7 Å². The number of carbonyl (C=O) groups is 2. The number of nitrogens with zero attached hydrogens (tertiary/aromatic N) is 2. The van der Waals surface area contributed by atoms with Crippen LogP contribution in [0, 0.1) is 0 Å². The van der Waals surface area contributed by atoms with Crippen LogP contribution >= 0.6 is 11.6 Å². The molecule has 1 aromatic heterocycles. The lowest BCUT2D eigenvalue weighted by Crippen LogP contribution is -2.30. The highest BCUT2D eigenvalue weighted by Gasteiger charge is 2.22. The lowest BCUT2D eigenvalue weighted by Gasteiger charge is -2.16. The van der Waals surface area contributed by atoms with E-state index in [0.717, 1.165) is 0 Å². The minimum absolute atomic E-state index is 0.0271. The number of amides is 1. The van der Waals surface area contributed by atoms with Gasteiger partial charge in [0.05, 0.1) is 18.2 Å². The lowest BCUT2D eigenvalue weighted by atomic mass is 10.0. The first kappa shape index (κ1) is 18.5. The van der Waals surface area contributed by atoms with Crippen molar-refractivity contribution in [1.29, 1.82) is 0 Å². The fraction of sp³-hybridized carbons (Fsp3) is 0.105. The fourth-order valence-corrected chi connectivity index (χ4v) is 2.72. The maximum atomic E-state index is 12.6. The van der Waals surface area contributed by atoms with Gasteiger partial charge in [0.25, 0.3) is 5.91 Å². The molecule has 8 heteroatoms. The summed E-state index contributed by atoms with van der Waals surface area (Å²) in [4.78, 5) is 23.7. The number of para-hydroxylation sites is 1. The molecule has 3 N–H and O–H groups in total. The summed E-state index contributed by atoms with van der Waals surface area (Å²) < 4.78 is 1.23. The topological polar surface area (TPSA) is 104 Å². The van der Waals surface area contributed by atoms with Gasteiger partial charge in [0.2, 0.25) is 5.88 Å². The van der Waals surface area contributed by atoms with E-state index in [4.69, 9.17) is 16.7 Å². The van der Waals surface area contributed by atoms with Crippen LogP contribution in [0.5, 0.6) is 5.88 Å². The highest BCUT2D eigenvalue weighted by Crippen LogP contribution is 2.22. The van der Waals surface area contributed by atoms with Gasteiger partial charge in [-0.2, -0.15) is 5.10 Å². The highest BCUT2D eigenvalue weighted by molar-refractivity contribution is 6.30. The number of halogens is 1. The van der Waals surface area contributed by atoms with Crippen molar-refractivity contribution in [3.8, 4) is 11.6 Å². The Bertz CT molecular complexity index is 955. The molecule has 138 valence electrons. The van der Waals surface area contributed by atoms with Crippen LogP contribution in [0.1, 0.15) is 28.5 Å². The van der Waals surface area contributed by atoms with Crippen molar-refractivity contribution < 1.29 is 19.8 Å². The van der Waals surface area contributed by atoms with Crippen molar-refractivity contribution in [2.75, 3.05) is 0 Å². The number of nitrogens with one attached hydrogen (secondary N) is 1. The Kier molecular flexibility index (Phi) is 5.42. The van der Waals surface area contributed by atoms with E-state index < -0.39 is 17.9 Å². The summed E-state index contributed by atoms with van der Waals surface area (Å²) in [6.07, 6.45) is -0.307. The van der Waals surface area contributed by atoms with E-state index in [1.165, 1.54) is 10.7 Å². The largest absolute Gasteiger partial charge is 0.493 e. The number of carboxylic acid groups (broad SMARTS) is 1. The Morgan fingerprint density at radius 2 is 1.78 bits per heavy atom. The minimum Gasteiger partial charge on any atom is -0.493 e. The number of aliphatic carboxylic acids is 1. The van der Waals surface area contributed by atoms with Gasteiger partial charge in [-0.1, -0.05) is 41.9 Å². The normalized spacial score (nSPS) is 11.7. The molecule has 0 spiro atoms. The van der Waals surface area contributed by atoms with Crippen molar-refractivity contribution in [2.24, 2.45) is 0 Å².